The summed E-state index contributed by atoms with van der Waals surface area (Å²) in [5, 5.41) is 0.816. The van der Waals surface area contributed by atoms with Crippen LogP contribution in [0, 0.1) is 5.82 Å². The molecule has 0 aliphatic carbocycles. The lowest BCUT2D eigenvalue weighted by molar-refractivity contribution is 0.107. The minimum absolute atomic E-state index is 0.0766. The monoisotopic (exact) mass is 462 g/mol. The number of hydrogen-bond acceptors (Lipinski definition) is 6. The fraction of sp³-hybridized carbons (Fsp3) is 0.409. The summed E-state index contributed by atoms with van der Waals surface area (Å²) >= 11 is 7.35. The number of fused-ring (bicyclic) bond motifs is 2. The van der Waals surface area contributed by atoms with Crippen LogP contribution in [0.25, 0.3) is 10.9 Å². The number of alkyl halides is 1. The Morgan fingerprint density at radius 1 is 1.26 bits per heavy atom. The highest BCUT2D eigenvalue weighted by atomic mass is 35.5. The Morgan fingerprint density at radius 2 is 2.10 bits per heavy atom. The Kier molecular flexibility index (Phi) is 5.71. The summed E-state index contributed by atoms with van der Waals surface area (Å²) in [4.78, 5) is 14.9. The van der Waals surface area contributed by atoms with Crippen molar-refractivity contribution in [1.82, 2.24) is 19.9 Å². The first-order chi connectivity index (χ1) is 15.0. The molecular weight excluding hydrogens is 442 g/mol. The van der Waals surface area contributed by atoms with E-state index in [1.165, 1.54) is 18.0 Å². The van der Waals surface area contributed by atoms with Gasteiger partial charge < -0.3 is 4.74 Å². The number of benzene rings is 1. The lowest BCUT2D eigenvalue weighted by Gasteiger charge is -2.30. The minimum Gasteiger partial charge on any atom is -0.461 e. The van der Waals surface area contributed by atoms with Gasteiger partial charge in [0.1, 0.15) is 23.3 Å². The number of halogens is 3. The first-order valence-corrected chi connectivity index (χ1v) is 11.6. The molecule has 0 radical (unpaired) electrons. The van der Waals surface area contributed by atoms with Crippen LogP contribution in [-0.4, -0.2) is 51.3 Å². The summed E-state index contributed by atoms with van der Waals surface area (Å²) in [7, 11) is 0. The van der Waals surface area contributed by atoms with Crippen LogP contribution >= 0.6 is 23.4 Å². The van der Waals surface area contributed by atoms with Crippen LogP contribution in [0.1, 0.15) is 24.8 Å². The smallest absolute Gasteiger partial charge is 0.318 e. The molecule has 162 valence electrons. The number of hydrogen-bond donors (Lipinski definition) is 0. The molecular formula is C22H21ClF2N4OS. The van der Waals surface area contributed by atoms with E-state index in [1.807, 2.05) is 30.3 Å². The third-order valence-electron chi connectivity index (χ3n) is 6.04. The van der Waals surface area contributed by atoms with Crippen molar-refractivity contribution < 1.29 is 13.5 Å². The maximum atomic E-state index is 14.7. The molecule has 4 heterocycles. The van der Waals surface area contributed by atoms with Crippen LogP contribution in [0.5, 0.6) is 6.01 Å². The van der Waals surface area contributed by atoms with Crippen LogP contribution in [0.15, 0.2) is 41.6 Å². The number of rotatable bonds is 6. The van der Waals surface area contributed by atoms with Gasteiger partial charge in [0.2, 0.25) is 0 Å². The van der Waals surface area contributed by atoms with Crippen LogP contribution in [0.2, 0.25) is 5.15 Å². The maximum Gasteiger partial charge on any atom is 0.318 e. The summed E-state index contributed by atoms with van der Waals surface area (Å²) in [5.74, 6) is -0.0453. The molecule has 2 aliphatic heterocycles. The summed E-state index contributed by atoms with van der Waals surface area (Å²) in [6.07, 6.45) is 2.98. The van der Waals surface area contributed by atoms with E-state index >= 15 is 0 Å². The van der Waals surface area contributed by atoms with Gasteiger partial charge >= 0.3 is 6.01 Å². The normalized spacial score (nSPS) is 23.4. The van der Waals surface area contributed by atoms with Gasteiger partial charge in [0.15, 0.2) is 11.0 Å². The van der Waals surface area contributed by atoms with Crippen LogP contribution in [0.4, 0.5) is 8.78 Å². The van der Waals surface area contributed by atoms with Crippen molar-refractivity contribution in [2.45, 2.75) is 41.8 Å². The van der Waals surface area contributed by atoms with E-state index in [4.69, 9.17) is 16.3 Å². The van der Waals surface area contributed by atoms with Gasteiger partial charge in [0.25, 0.3) is 0 Å². The van der Waals surface area contributed by atoms with Crippen LogP contribution < -0.4 is 4.74 Å². The second-order valence-electron chi connectivity index (χ2n) is 8.07. The van der Waals surface area contributed by atoms with Gasteiger partial charge in [-0.1, -0.05) is 41.9 Å². The predicted molar refractivity (Wildman–Crippen MR) is 117 cm³/mol. The molecule has 5 rings (SSSR count). The zero-order valence-electron chi connectivity index (χ0n) is 16.7. The van der Waals surface area contributed by atoms with Gasteiger partial charge in [-0.15, -0.1) is 11.8 Å². The fourth-order valence-corrected chi connectivity index (χ4v) is 5.62. The molecule has 5 nitrogen and oxygen atoms in total. The van der Waals surface area contributed by atoms with Crippen molar-refractivity contribution in [1.29, 1.82) is 0 Å². The maximum absolute atomic E-state index is 14.7. The molecule has 9 heteroatoms. The Labute approximate surface area is 188 Å². The first kappa shape index (κ1) is 20.8. The van der Waals surface area contributed by atoms with Gasteiger partial charge in [-0.2, -0.15) is 9.97 Å². The molecule has 0 bridgehead atoms. The SMILES string of the molecule is Fc1c(Cl)ncc2c(SCc3ccccc3)nc(OC[C@]34CCCN3C[C@@H](F)C4)nc12. The summed E-state index contributed by atoms with van der Waals surface area (Å²) in [5.41, 5.74) is 0.865. The zero-order chi connectivity index (χ0) is 21.4. The van der Waals surface area contributed by atoms with Crippen molar-refractivity contribution >= 4 is 34.3 Å². The molecule has 2 aromatic heterocycles. The van der Waals surface area contributed by atoms with Gasteiger partial charge in [-0.3, -0.25) is 4.90 Å². The molecule has 0 spiro atoms. The molecule has 2 saturated heterocycles. The Morgan fingerprint density at radius 3 is 2.94 bits per heavy atom. The molecule has 0 amide bonds. The molecule has 0 saturated carbocycles. The van der Waals surface area contributed by atoms with E-state index in [0.29, 0.717) is 29.1 Å². The summed E-state index contributed by atoms with van der Waals surface area (Å²) < 4.78 is 34.7. The largest absolute Gasteiger partial charge is 0.461 e. The number of nitrogens with zero attached hydrogens (tertiary/aromatic N) is 4. The zero-order valence-corrected chi connectivity index (χ0v) is 18.3. The molecule has 1 aromatic carbocycles. The second kappa shape index (κ2) is 8.48. The van der Waals surface area contributed by atoms with Gasteiger partial charge in [-0.05, 0) is 24.9 Å². The van der Waals surface area contributed by atoms with E-state index in [9.17, 15) is 8.78 Å². The van der Waals surface area contributed by atoms with Gasteiger partial charge in [0, 0.05) is 24.9 Å². The highest BCUT2D eigenvalue weighted by Gasteiger charge is 2.49. The standard InChI is InChI=1S/C22H21ClF2N4OS/c23-19-17(25)18-16(10-26-19)20(31-12-14-5-2-1-3-6-14)28-21(27-18)30-13-22-7-4-8-29(22)11-15(24)9-22/h1-3,5-6,10,15H,4,7-9,11-13H2/t15-,22+/m0/s1. The lowest BCUT2D eigenvalue weighted by atomic mass is 9.95. The van der Waals surface area contributed by atoms with Crippen molar-refractivity contribution in [2.75, 3.05) is 19.7 Å². The average Bonchev–Trinajstić information content (AvgIpc) is 3.30. The lowest BCUT2D eigenvalue weighted by Crippen LogP contribution is -2.43. The van der Waals surface area contributed by atoms with E-state index in [1.54, 1.807) is 0 Å². The number of thioether (sulfide) groups is 1. The van der Waals surface area contributed by atoms with Crippen LogP contribution in [-0.2, 0) is 5.75 Å². The Hall–Kier alpha value is -2.03. The Bertz CT molecular complexity index is 1110. The highest BCUT2D eigenvalue weighted by Crippen LogP contribution is 2.40. The average molecular weight is 463 g/mol. The van der Waals surface area contributed by atoms with E-state index < -0.39 is 12.0 Å². The molecule has 0 N–H and O–H groups in total. The van der Waals surface area contributed by atoms with Gasteiger partial charge in [0.05, 0.1) is 10.9 Å². The first-order valence-electron chi connectivity index (χ1n) is 10.2. The quantitative estimate of drug-likeness (QED) is 0.290. The van der Waals surface area contributed by atoms with E-state index in [2.05, 4.69) is 19.9 Å². The van der Waals surface area contributed by atoms with Crippen molar-refractivity contribution in [3.05, 3.63) is 53.1 Å². The van der Waals surface area contributed by atoms with Crippen molar-refractivity contribution in [3.63, 3.8) is 0 Å². The fourth-order valence-electron chi connectivity index (χ4n) is 4.54. The van der Waals surface area contributed by atoms with Crippen LogP contribution in [0.3, 0.4) is 0 Å². The third kappa shape index (κ3) is 4.08. The molecule has 31 heavy (non-hydrogen) atoms. The molecule has 0 unspecified atom stereocenters. The topological polar surface area (TPSA) is 51.1 Å². The van der Waals surface area contributed by atoms with E-state index in [-0.39, 0.29) is 28.8 Å². The molecule has 2 fully saturated rings. The summed E-state index contributed by atoms with van der Waals surface area (Å²) in [6, 6.07) is 10.0. The Balaban J connectivity index is 1.44. The van der Waals surface area contributed by atoms with Crippen molar-refractivity contribution in [2.24, 2.45) is 0 Å². The minimum atomic E-state index is -0.847. The molecule has 2 atom stereocenters. The van der Waals surface area contributed by atoms with Gasteiger partial charge in [-0.25, -0.2) is 13.8 Å². The number of ether oxygens (including phenoxy) is 1. The third-order valence-corrected chi connectivity index (χ3v) is 7.36. The van der Waals surface area contributed by atoms with Crippen molar-refractivity contribution in [3.8, 4) is 6.01 Å². The molecule has 3 aromatic rings. The number of aromatic nitrogens is 3. The number of pyridine rings is 1. The van der Waals surface area contributed by atoms with E-state index in [0.717, 1.165) is 24.9 Å². The molecule has 2 aliphatic rings. The second-order valence-corrected chi connectivity index (χ2v) is 9.40. The summed E-state index contributed by atoms with van der Waals surface area (Å²) in [6.45, 7) is 1.59. The predicted octanol–water partition coefficient (Wildman–Crippen LogP) is 5.06. The highest BCUT2D eigenvalue weighted by molar-refractivity contribution is 7.98.